The fraction of sp³-hybridized carbons (Fsp3) is 0.391. The molecule has 2 saturated heterocycles. The summed E-state index contributed by atoms with van der Waals surface area (Å²) in [7, 11) is -1.78. The van der Waals surface area contributed by atoms with Gasteiger partial charge in [0.15, 0.2) is 9.84 Å². The maximum atomic E-state index is 13.2. The summed E-state index contributed by atoms with van der Waals surface area (Å²) < 4.78 is 30.8. The summed E-state index contributed by atoms with van der Waals surface area (Å²) in [5, 5.41) is -0.604. The van der Waals surface area contributed by atoms with E-state index in [4.69, 9.17) is 4.74 Å². The van der Waals surface area contributed by atoms with E-state index in [9.17, 15) is 18.0 Å². The Labute approximate surface area is 182 Å². The van der Waals surface area contributed by atoms with Crippen molar-refractivity contribution >= 4 is 27.3 Å². The summed E-state index contributed by atoms with van der Waals surface area (Å²) >= 11 is 0. The van der Waals surface area contributed by atoms with Crippen molar-refractivity contribution in [3.05, 3.63) is 60.2 Å². The number of hydrogen-bond acceptors (Lipinski definition) is 5. The summed E-state index contributed by atoms with van der Waals surface area (Å²) in [6.45, 7) is 0.831. The first-order valence-corrected chi connectivity index (χ1v) is 12.1. The van der Waals surface area contributed by atoms with Crippen LogP contribution < -0.4 is 9.64 Å². The van der Waals surface area contributed by atoms with Gasteiger partial charge in [0.1, 0.15) is 5.75 Å². The first kappa shape index (κ1) is 21.4. The van der Waals surface area contributed by atoms with Gasteiger partial charge >= 0.3 is 0 Å². The zero-order chi connectivity index (χ0) is 22.0. The van der Waals surface area contributed by atoms with Crippen LogP contribution in [0.25, 0.3) is 0 Å². The largest absolute Gasteiger partial charge is 0.497 e. The van der Waals surface area contributed by atoms with Gasteiger partial charge in [-0.25, -0.2) is 8.42 Å². The smallest absolute Gasteiger partial charge is 0.228 e. The molecule has 0 N–H and O–H groups in total. The molecular formula is C23H26N2O5S. The molecule has 7 nitrogen and oxygen atoms in total. The van der Waals surface area contributed by atoms with Crippen LogP contribution in [0.3, 0.4) is 0 Å². The highest BCUT2D eigenvalue weighted by atomic mass is 32.2. The van der Waals surface area contributed by atoms with E-state index in [0.29, 0.717) is 25.3 Å². The van der Waals surface area contributed by atoms with Crippen LogP contribution in [0, 0.1) is 5.92 Å². The van der Waals surface area contributed by atoms with Gasteiger partial charge in [-0.2, -0.15) is 0 Å². The number of hydrogen-bond donors (Lipinski definition) is 0. The Morgan fingerprint density at radius 3 is 2.42 bits per heavy atom. The van der Waals surface area contributed by atoms with Crippen LogP contribution in [0.4, 0.5) is 5.69 Å². The lowest BCUT2D eigenvalue weighted by Gasteiger charge is -2.23. The number of carbonyl (C=O) groups excluding carboxylic acids is 2. The Bertz CT molecular complexity index is 1050. The minimum Gasteiger partial charge on any atom is -0.497 e. The number of amides is 2. The van der Waals surface area contributed by atoms with Crippen LogP contribution >= 0.6 is 0 Å². The van der Waals surface area contributed by atoms with E-state index < -0.39 is 21.0 Å². The number of anilines is 1. The molecule has 2 aliphatic heterocycles. The SMILES string of the molecule is COc1ccc(N2CC(C(=O)N3CCC(c4ccccc4)S(=O)(=O)CC3)CC2=O)cc1. The molecule has 0 spiro atoms. The lowest BCUT2D eigenvalue weighted by molar-refractivity contribution is -0.135. The predicted octanol–water partition coefficient (Wildman–Crippen LogP) is 2.44. The van der Waals surface area contributed by atoms with Crippen LogP contribution in [0.5, 0.6) is 5.75 Å². The number of methoxy groups -OCH3 is 1. The van der Waals surface area contributed by atoms with Crippen molar-refractivity contribution in [3.8, 4) is 5.75 Å². The number of rotatable bonds is 4. The number of carbonyl (C=O) groups is 2. The lowest BCUT2D eigenvalue weighted by Crippen LogP contribution is -2.39. The van der Waals surface area contributed by atoms with E-state index in [-0.39, 0.29) is 30.5 Å². The van der Waals surface area contributed by atoms with Crippen molar-refractivity contribution in [1.29, 1.82) is 0 Å². The number of benzene rings is 2. The van der Waals surface area contributed by atoms with Gasteiger partial charge in [0.2, 0.25) is 11.8 Å². The molecular weight excluding hydrogens is 416 g/mol. The molecule has 2 amide bonds. The molecule has 31 heavy (non-hydrogen) atoms. The fourth-order valence-electron chi connectivity index (χ4n) is 4.35. The molecule has 0 aliphatic carbocycles. The van der Waals surface area contributed by atoms with E-state index in [1.165, 1.54) is 0 Å². The second-order valence-corrected chi connectivity index (χ2v) is 10.3. The van der Waals surface area contributed by atoms with Crippen molar-refractivity contribution in [1.82, 2.24) is 4.90 Å². The second-order valence-electron chi connectivity index (χ2n) is 7.98. The van der Waals surface area contributed by atoms with Crippen LogP contribution in [0.2, 0.25) is 0 Å². The van der Waals surface area contributed by atoms with Gasteiger partial charge in [-0.3, -0.25) is 9.59 Å². The lowest BCUT2D eigenvalue weighted by atomic mass is 10.1. The van der Waals surface area contributed by atoms with Gasteiger partial charge in [-0.05, 0) is 36.2 Å². The molecule has 8 heteroatoms. The Morgan fingerprint density at radius 2 is 1.74 bits per heavy atom. The average Bonchev–Trinajstić information content (AvgIpc) is 3.09. The molecule has 0 saturated carbocycles. The Kier molecular flexibility index (Phi) is 6.00. The third-order valence-electron chi connectivity index (χ3n) is 6.08. The highest BCUT2D eigenvalue weighted by molar-refractivity contribution is 7.91. The normalized spacial score (nSPS) is 23.5. The first-order valence-electron chi connectivity index (χ1n) is 10.4. The summed E-state index contributed by atoms with van der Waals surface area (Å²) in [6.07, 6.45) is 0.497. The second kappa shape index (κ2) is 8.70. The van der Waals surface area contributed by atoms with Crippen LogP contribution in [-0.4, -0.2) is 57.6 Å². The van der Waals surface area contributed by atoms with Crippen LogP contribution in [0.1, 0.15) is 23.7 Å². The van der Waals surface area contributed by atoms with E-state index in [1.54, 1.807) is 41.2 Å². The van der Waals surface area contributed by atoms with Gasteiger partial charge < -0.3 is 14.5 Å². The molecule has 2 aliphatic rings. The molecule has 2 atom stereocenters. The molecule has 2 fully saturated rings. The minimum atomic E-state index is -3.36. The van der Waals surface area contributed by atoms with E-state index >= 15 is 0 Å². The molecule has 2 unspecified atom stereocenters. The number of sulfone groups is 1. The van der Waals surface area contributed by atoms with Gasteiger partial charge in [-0.1, -0.05) is 30.3 Å². The maximum absolute atomic E-state index is 13.2. The van der Waals surface area contributed by atoms with Crippen molar-refractivity contribution in [2.24, 2.45) is 5.92 Å². The zero-order valence-electron chi connectivity index (χ0n) is 17.4. The van der Waals surface area contributed by atoms with Crippen molar-refractivity contribution < 1.29 is 22.7 Å². The van der Waals surface area contributed by atoms with Gasteiger partial charge in [0.05, 0.1) is 24.0 Å². The van der Waals surface area contributed by atoms with Gasteiger partial charge in [0, 0.05) is 31.7 Å². The van der Waals surface area contributed by atoms with Gasteiger partial charge in [0.25, 0.3) is 0 Å². The Balaban J connectivity index is 1.45. The van der Waals surface area contributed by atoms with Crippen molar-refractivity contribution in [2.75, 3.05) is 37.4 Å². The summed E-state index contributed by atoms with van der Waals surface area (Å²) in [5.41, 5.74) is 1.49. The highest BCUT2D eigenvalue weighted by Crippen LogP contribution is 2.32. The average molecular weight is 443 g/mol. The van der Waals surface area contributed by atoms with Gasteiger partial charge in [-0.15, -0.1) is 0 Å². The van der Waals surface area contributed by atoms with E-state index in [0.717, 1.165) is 11.3 Å². The molecule has 4 rings (SSSR count). The van der Waals surface area contributed by atoms with Crippen LogP contribution in [0.15, 0.2) is 54.6 Å². The molecule has 2 aromatic carbocycles. The molecule has 164 valence electrons. The Morgan fingerprint density at radius 1 is 1.03 bits per heavy atom. The molecule has 2 aromatic rings. The van der Waals surface area contributed by atoms with Crippen LogP contribution in [-0.2, 0) is 19.4 Å². The Hall–Kier alpha value is -2.87. The summed E-state index contributed by atoms with van der Waals surface area (Å²) in [5.74, 6) is -0.0880. The summed E-state index contributed by atoms with van der Waals surface area (Å²) in [6, 6.07) is 16.3. The van der Waals surface area contributed by atoms with E-state index in [2.05, 4.69) is 0 Å². The van der Waals surface area contributed by atoms with Crippen molar-refractivity contribution in [2.45, 2.75) is 18.1 Å². The first-order chi connectivity index (χ1) is 14.9. The van der Waals surface area contributed by atoms with E-state index in [1.807, 2.05) is 30.3 Å². The predicted molar refractivity (Wildman–Crippen MR) is 118 cm³/mol. The summed E-state index contributed by atoms with van der Waals surface area (Å²) in [4.78, 5) is 29.0. The molecule has 2 heterocycles. The molecule has 0 aromatic heterocycles. The maximum Gasteiger partial charge on any atom is 0.228 e. The topological polar surface area (TPSA) is 84.0 Å². The highest BCUT2D eigenvalue weighted by Gasteiger charge is 2.39. The standard InChI is InChI=1S/C23H26N2O5S/c1-30-20-9-7-19(8-10-20)25-16-18(15-22(25)26)23(27)24-12-11-21(31(28,29)14-13-24)17-5-3-2-4-6-17/h2-10,18,21H,11-16H2,1H3. The fourth-order valence-corrected chi connectivity index (χ4v) is 6.14. The van der Waals surface area contributed by atoms with Crippen molar-refractivity contribution in [3.63, 3.8) is 0 Å². The minimum absolute atomic E-state index is 0.0683. The zero-order valence-corrected chi connectivity index (χ0v) is 18.3. The number of nitrogens with zero attached hydrogens (tertiary/aromatic N) is 2. The third kappa shape index (κ3) is 4.44. The quantitative estimate of drug-likeness (QED) is 0.726. The molecule has 0 radical (unpaired) electrons. The number of ether oxygens (including phenoxy) is 1. The monoisotopic (exact) mass is 442 g/mol. The third-order valence-corrected chi connectivity index (χ3v) is 8.21. The molecule has 0 bridgehead atoms.